The lowest BCUT2D eigenvalue weighted by Gasteiger charge is -2.39. The van der Waals surface area contributed by atoms with Gasteiger partial charge in [0.2, 0.25) is 10.0 Å². The molecule has 0 radical (unpaired) electrons. The van der Waals surface area contributed by atoms with E-state index in [4.69, 9.17) is 5.14 Å². The van der Waals surface area contributed by atoms with Crippen molar-refractivity contribution < 1.29 is 13.2 Å². The summed E-state index contributed by atoms with van der Waals surface area (Å²) in [5, 5.41) is 8.04. The lowest BCUT2D eigenvalue weighted by atomic mass is 9.78. The van der Waals surface area contributed by atoms with Crippen molar-refractivity contribution in [2.45, 2.75) is 43.5 Å². The number of carbonyl (C=O) groups excluding carboxylic acids is 1. The van der Waals surface area contributed by atoms with Crippen LogP contribution in [0.5, 0.6) is 0 Å². The number of primary sulfonamides is 1. The van der Waals surface area contributed by atoms with Gasteiger partial charge >= 0.3 is 0 Å². The molecule has 1 fully saturated rings. The summed E-state index contributed by atoms with van der Waals surface area (Å²) < 4.78 is 22.5. The van der Waals surface area contributed by atoms with Gasteiger partial charge in [-0.1, -0.05) is 0 Å². The van der Waals surface area contributed by atoms with Crippen LogP contribution in [0.2, 0.25) is 0 Å². The van der Waals surface area contributed by atoms with Crippen LogP contribution in [0.15, 0.2) is 23.1 Å². The first-order chi connectivity index (χ1) is 8.71. The molecule has 1 aliphatic carbocycles. The Morgan fingerprint density at radius 3 is 2.42 bits per heavy atom. The molecule has 0 heterocycles. The molecule has 2 rings (SSSR count). The van der Waals surface area contributed by atoms with Crippen LogP contribution >= 0.6 is 0 Å². The molecule has 19 heavy (non-hydrogen) atoms. The molecule has 1 aromatic carbocycles. The zero-order valence-electron chi connectivity index (χ0n) is 11.1. The summed E-state index contributed by atoms with van der Waals surface area (Å²) in [7, 11) is -3.73. The normalized spacial score (nSPS) is 17.6. The van der Waals surface area contributed by atoms with Crippen molar-refractivity contribution in [1.82, 2.24) is 5.32 Å². The fourth-order valence-corrected chi connectivity index (χ4v) is 2.84. The highest BCUT2D eigenvalue weighted by Crippen LogP contribution is 2.31. The van der Waals surface area contributed by atoms with Gasteiger partial charge in [0, 0.05) is 11.1 Å². The average Bonchev–Trinajstić information content (AvgIpc) is 2.25. The molecule has 0 unspecified atom stereocenters. The van der Waals surface area contributed by atoms with Crippen molar-refractivity contribution in [2.75, 3.05) is 0 Å². The van der Waals surface area contributed by atoms with Crippen molar-refractivity contribution in [1.29, 1.82) is 0 Å². The van der Waals surface area contributed by atoms with Crippen molar-refractivity contribution in [3.05, 3.63) is 29.3 Å². The summed E-state index contributed by atoms with van der Waals surface area (Å²) in [6.45, 7) is 3.72. The molecule has 6 heteroatoms. The van der Waals surface area contributed by atoms with Crippen LogP contribution in [0.1, 0.15) is 42.1 Å². The van der Waals surface area contributed by atoms with Gasteiger partial charge in [0.25, 0.3) is 5.91 Å². The molecule has 5 nitrogen and oxygen atoms in total. The summed E-state index contributed by atoms with van der Waals surface area (Å²) in [5.74, 6) is -0.166. The van der Waals surface area contributed by atoms with Crippen LogP contribution in [-0.4, -0.2) is 19.9 Å². The summed E-state index contributed by atoms with van der Waals surface area (Å²) in [4.78, 5) is 12.2. The molecule has 1 aliphatic rings. The number of rotatable bonds is 3. The molecule has 0 aliphatic heterocycles. The van der Waals surface area contributed by atoms with E-state index in [2.05, 4.69) is 5.32 Å². The van der Waals surface area contributed by atoms with E-state index in [9.17, 15) is 13.2 Å². The molecular formula is C13H18N2O3S. The third kappa shape index (κ3) is 2.96. The second kappa shape index (κ2) is 4.61. The standard InChI is InChI=1S/C13H18N2O3S/c1-9-8-10(19(14,17)18)4-5-11(9)12(16)15-13(2)6-3-7-13/h4-5,8H,3,6-7H2,1-2H3,(H,15,16)(H2,14,17,18). The maximum Gasteiger partial charge on any atom is 0.251 e. The highest BCUT2D eigenvalue weighted by molar-refractivity contribution is 7.89. The molecule has 1 amide bonds. The summed E-state index contributed by atoms with van der Waals surface area (Å²) in [6.07, 6.45) is 3.08. The van der Waals surface area contributed by atoms with E-state index in [1.165, 1.54) is 18.2 Å². The second-order valence-electron chi connectivity index (χ2n) is 5.39. The predicted octanol–water partition coefficient (Wildman–Crippen LogP) is 1.31. The van der Waals surface area contributed by atoms with Crippen LogP contribution in [0.3, 0.4) is 0 Å². The smallest absolute Gasteiger partial charge is 0.251 e. The first kappa shape index (κ1) is 14.0. The maximum absolute atomic E-state index is 12.1. The molecule has 1 aromatic rings. The highest BCUT2D eigenvalue weighted by atomic mass is 32.2. The number of sulfonamides is 1. The minimum Gasteiger partial charge on any atom is -0.347 e. The quantitative estimate of drug-likeness (QED) is 0.876. The van der Waals surface area contributed by atoms with Crippen molar-refractivity contribution in [3.63, 3.8) is 0 Å². The summed E-state index contributed by atoms with van der Waals surface area (Å²) in [5.41, 5.74) is 0.967. The number of hydrogen-bond donors (Lipinski definition) is 2. The van der Waals surface area contributed by atoms with E-state index in [-0.39, 0.29) is 16.3 Å². The Morgan fingerprint density at radius 2 is 2.00 bits per heavy atom. The predicted molar refractivity (Wildman–Crippen MR) is 72.3 cm³/mol. The van der Waals surface area contributed by atoms with Gasteiger partial charge in [-0.25, -0.2) is 13.6 Å². The number of aryl methyl sites for hydroxylation is 1. The van der Waals surface area contributed by atoms with E-state index in [0.29, 0.717) is 11.1 Å². The van der Waals surface area contributed by atoms with Crippen LogP contribution in [0.4, 0.5) is 0 Å². The van der Waals surface area contributed by atoms with E-state index in [0.717, 1.165) is 19.3 Å². The number of carbonyl (C=O) groups is 1. The third-order valence-electron chi connectivity index (χ3n) is 3.64. The minimum atomic E-state index is -3.73. The van der Waals surface area contributed by atoms with Crippen molar-refractivity contribution in [3.8, 4) is 0 Å². The number of nitrogens with one attached hydrogen (secondary N) is 1. The molecule has 3 N–H and O–H groups in total. The largest absolute Gasteiger partial charge is 0.347 e. The van der Waals surface area contributed by atoms with Gasteiger partial charge in [-0.3, -0.25) is 4.79 Å². The molecule has 1 saturated carbocycles. The van der Waals surface area contributed by atoms with E-state index in [1.807, 2.05) is 6.92 Å². The van der Waals surface area contributed by atoms with Gasteiger partial charge < -0.3 is 5.32 Å². The lowest BCUT2D eigenvalue weighted by Crippen LogP contribution is -2.51. The van der Waals surface area contributed by atoms with Gasteiger partial charge in [-0.15, -0.1) is 0 Å². The summed E-state index contributed by atoms with van der Waals surface area (Å²) >= 11 is 0. The average molecular weight is 282 g/mol. The number of benzene rings is 1. The fraction of sp³-hybridized carbons (Fsp3) is 0.462. The Morgan fingerprint density at radius 1 is 1.37 bits per heavy atom. The Kier molecular flexibility index (Phi) is 3.40. The Labute approximate surface area is 113 Å². The minimum absolute atomic E-state index is 0.0244. The first-order valence-electron chi connectivity index (χ1n) is 6.17. The van der Waals surface area contributed by atoms with E-state index >= 15 is 0 Å². The van der Waals surface area contributed by atoms with Gasteiger partial charge in [-0.2, -0.15) is 0 Å². The number of hydrogen-bond acceptors (Lipinski definition) is 3. The number of amides is 1. The van der Waals surface area contributed by atoms with Gasteiger partial charge in [-0.05, 0) is 56.9 Å². The van der Waals surface area contributed by atoms with Gasteiger partial charge in [0.05, 0.1) is 4.90 Å². The van der Waals surface area contributed by atoms with E-state index in [1.54, 1.807) is 6.92 Å². The van der Waals surface area contributed by atoms with Crippen LogP contribution in [0, 0.1) is 6.92 Å². The maximum atomic E-state index is 12.1. The van der Waals surface area contributed by atoms with Crippen LogP contribution in [0.25, 0.3) is 0 Å². The monoisotopic (exact) mass is 282 g/mol. The van der Waals surface area contributed by atoms with Crippen molar-refractivity contribution in [2.24, 2.45) is 5.14 Å². The Bertz CT molecular complexity index is 619. The zero-order chi connectivity index (χ0) is 14.3. The SMILES string of the molecule is Cc1cc(S(N)(=O)=O)ccc1C(=O)NC1(C)CCC1. The molecule has 0 aromatic heterocycles. The third-order valence-corrected chi connectivity index (χ3v) is 4.55. The molecule has 0 spiro atoms. The highest BCUT2D eigenvalue weighted by Gasteiger charge is 2.33. The van der Waals surface area contributed by atoms with Gasteiger partial charge in [0.15, 0.2) is 0 Å². The first-order valence-corrected chi connectivity index (χ1v) is 7.72. The number of nitrogens with two attached hydrogens (primary N) is 1. The Balaban J connectivity index is 2.24. The fourth-order valence-electron chi connectivity index (χ4n) is 2.24. The molecule has 0 atom stereocenters. The zero-order valence-corrected chi connectivity index (χ0v) is 11.9. The second-order valence-corrected chi connectivity index (χ2v) is 6.95. The summed E-state index contributed by atoms with van der Waals surface area (Å²) in [6, 6.07) is 4.29. The van der Waals surface area contributed by atoms with Crippen molar-refractivity contribution >= 4 is 15.9 Å². The Hall–Kier alpha value is -1.40. The molecule has 0 saturated heterocycles. The topological polar surface area (TPSA) is 89.3 Å². The van der Waals surface area contributed by atoms with Crippen LogP contribution in [-0.2, 0) is 10.0 Å². The lowest BCUT2D eigenvalue weighted by molar-refractivity contribution is 0.0849. The molecule has 104 valence electrons. The van der Waals surface area contributed by atoms with Crippen LogP contribution < -0.4 is 10.5 Å². The van der Waals surface area contributed by atoms with Gasteiger partial charge in [0.1, 0.15) is 0 Å². The molecule has 0 bridgehead atoms. The molecular weight excluding hydrogens is 264 g/mol. The van der Waals surface area contributed by atoms with E-state index < -0.39 is 10.0 Å².